The Kier molecular flexibility index (Phi) is 6.29. The van der Waals surface area contributed by atoms with Crippen LogP contribution >= 0.6 is 11.6 Å². The summed E-state index contributed by atoms with van der Waals surface area (Å²) in [5.41, 5.74) is 1.48. The first-order valence-electron chi connectivity index (χ1n) is 8.79. The van der Waals surface area contributed by atoms with Gasteiger partial charge < -0.3 is 9.47 Å². The van der Waals surface area contributed by atoms with E-state index < -0.39 is 5.97 Å². The Morgan fingerprint density at radius 2 is 1.79 bits per heavy atom. The fourth-order valence-corrected chi connectivity index (χ4v) is 3.08. The number of aromatic nitrogens is 2. The molecule has 0 aliphatic carbocycles. The summed E-state index contributed by atoms with van der Waals surface area (Å²) in [5, 5.41) is 4.30. The van der Waals surface area contributed by atoms with E-state index in [1.807, 2.05) is 0 Å². The van der Waals surface area contributed by atoms with Crippen LogP contribution in [0.4, 0.5) is 4.39 Å². The summed E-state index contributed by atoms with van der Waals surface area (Å²) in [4.78, 5) is 24.0. The second kappa shape index (κ2) is 8.87. The lowest BCUT2D eigenvalue weighted by molar-refractivity contribution is 0.0448. The Morgan fingerprint density at radius 1 is 1.10 bits per heavy atom. The van der Waals surface area contributed by atoms with Gasteiger partial charge in [0.15, 0.2) is 5.78 Å². The van der Waals surface area contributed by atoms with Gasteiger partial charge in [-0.2, -0.15) is 5.10 Å². The number of ketones is 1. The van der Waals surface area contributed by atoms with Crippen LogP contribution in [0.15, 0.2) is 48.5 Å². The normalized spacial score (nSPS) is 10.6. The minimum absolute atomic E-state index is 0.0391. The Morgan fingerprint density at radius 3 is 2.48 bits per heavy atom. The molecule has 0 radical (unpaired) electrons. The van der Waals surface area contributed by atoms with Gasteiger partial charge in [0.25, 0.3) is 0 Å². The number of halogens is 2. The fraction of sp³-hybridized carbons (Fsp3) is 0.190. The SMILES string of the molecule is CC(=O)c1ccccc1OCCOC(=O)c1c(C)nn(-c2ccc(F)cc2)c1Cl. The van der Waals surface area contributed by atoms with E-state index in [0.29, 0.717) is 22.7 Å². The molecule has 6 nitrogen and oxygen atoms in total. The highest BCUT2D eigenvalue weighted by molar-refractivity contribution is 6.33. The third kappa shape index (κ3) is 4.63. The minimum atomic E-state index is -0.649. The fourth-order valence-electron chi connectivity index (χ4n) is 2.73. The van der Waals surface area contributed by atoms with Crippen LogP contribution in [0, 0.1) is 12.7 Å². The maximum absolute atomic E-state index is 13.1. The van der Waals surface area contributed by atoms with Gasteiger partial charge in [0.2, 0.25) is 0 Å². The van der Waals surface area contributed by atoms with E-state index in [2.05, 4.69) is 5.10 Å². The topological polar surface area (TPSA) is 70.4 Å². The van der Waals surface area contributed by atoms with Crippen molar-refractivity contribution in [3.8, 4) is 11.4 Å². The highest BCUT2D eigenvalue weighted by atomic mass is 35.5. The number of carbonyl (C=O) groups excluding carboxylic acids is 2. The Hall–Kier alpha value is -3.19. The number of rotatable bonds is 7. The first-order valence-corrected chi connectivity index (χ1v) is 9.17. The van der Waals surface area contributed by atoms with E-state index in [1.165, 1.54) is 35.9 Å². The zero-order chi connectivity index (χ0) is 21.0. The second-order valence-corrected chi connectivity index (χ2v) is 6.53. The molecule has 150 valence electrons. The molecule has 29 heavy (non-hydrogen) atoms. The zero-order valence-electron chi connectivity index (χ0n) is 15.8. The maximum Gasteiger partial charge on any atom is 0.343 e. The van der Waals surface area contributed by atoms with Crippen LogP contribution in [0.2, 0.25) is 5.15 Å². The molecule has 8 heteroatoms. The van der Waals surface area contributed by atoms with Gasteiger partial charge in [0.1, 0.15) is 35.5 Å². The van der Waals surface area contributed by atoms with Gasteiger partial charge in [-0.05, 0) is 50.2 Å². The first-order chi connectivity index (χ1) is 13.9. The predicted octanol–water partition coefficient (Wildman–Crippen LogP) is 4.41. The zero-order valence-corrected chi connectivity index (χ0v) is 16.6. The summed E-state index contributed by atoms with van der Waals surface area (Å²) in [6, 6.07) is 12.4. The van der Waals surface area contributed by atoms with Crippen LogP contribution in [-0.4, -0.2) is 34.7 Å². The molecule has 0 aliphatic heterocycles. The molecule has 1 aromatic heterocycles. The summed E-state index contributed by atoms with van der Waals surface area (Å²) in [5.74, 6) is -0.730. The quantitative estimate of drug-likeness (QED) is 0.324. The molecule has 2 aromatic carbocycles. The van der Waals surface area contributed by atoms with Crippen molar-refractivity contribution in [1.82, 2.24) is 9.78 Å². The maximum atomic E-state index is 13.1. The third-order valence-corrected chi connectivity index (χ3v) is 4.47. The van der Waals surface area contributed by atoms with Crippen LogP contribution in [0.25, 0.3) is 5.69 Å². The van der Waals surface area contributed by atoms with E-state index in [0.717, 1.165) is 0 Å². The molecule has 0 fully saturated rings. The average Bonchev–Trinajstić information content (AvgIpc) is 3.00. The summed E-state index contributed by atoms with van der Waals surface area (Å²) < 4.78 is 25.2. The van der Waals surface area contributed by atoms with Crippen molar-refractivity contribution in [2.24, 2.45) is 0 Å². The van der Waals surface area contributed by atoms with Crippen LogP contribution in [-0.2, 0) is 4.74 Å². The van der Waals surface area contributed by atoms with Crippen molar-refractivity contribution in [3.05, 3.63) is 76.3 Å². The van der Waals surface area contributed by atoms with Gasteiger partial charge in [-0.15, -0.1) is 0 Å². The molecule has 0 bridgehead atoms. The summed E-state index contributed by atoms with van der Waals surface area (Å²) >= 11 is 6.30. The Balaban J connectivity index is 1.64. The van der Waals surface area contributed by atoms with Crippen molar-refractivity contribution >= 4 is 23.4 Å². The number of hydrogen-bond donors (Lipinski definition) is 0. The molecule has 0 unspecified atom stereocenters. The van der Waals surface area contributed by atoms with Gasteiger partial charge in [-0.3, -0.25) is 4.79 Å². The number of nitrogens with zero attached hydrogens (tertiary/aromatic N) is 2. The Labute approximate surface area is 171 Å². The first kappa shape index (κ1) is 20.5. The monoisotopic (exact) mass is 416 g/mol. The molecule has 3 rings (SSSR count). The van der Waals surface area contributed by atoms with Crippen LogP contribution < -0.4 is 4.74 Å². The summed E-state index contributed by atoms with van der Waals surface area (Å²) in [6.45, 7) is 3.11. The molecule has 0 spiro atoms. The van der Waals surface area contributed by atoms with Gasteiger partial charge in [0, 0.05) is 0 Å². The number of benzene rings is 2. The number of aryl methyl sites for hydroxylation is 1. The van der Waals surface area contributed by atoms with Crippen molar-refractivity contribution in [3.63, 3.8) is 0 Å². The van der Waals surface area contributed by atoms with Gasteiger partial charge in [-0.25, -0.2) is 13.9 Å². The van der Waals surface area contributed by atoms with E-state index >= 15 is 0 Å². The highest BCUT2D eigenvalue weighted by Gasteiger charge is 2.22. The van der Waals surface area contributed by atoms with E-state index in [-0.39, 0.29) is 35.5 Å². The average molecular weight is 417 g/mol. The molecular formula is C21H18ClFN2O4. The summed E-state index contributed by atoms with van der Waals surface area (Å²) in [7, 11) is 0. The molecule has 0 saturated heterocycles. The number of hydrogen-bond acceptors (Lipinski definition) is 5. The van der Waals surface area contributed by atoms with E-state index in [9.17, 15) is 14.0 Å². The molecule has 0 saturated carbocycles. The van der Waals surface area contributed by atoms with Crippen molar-refractivity contribution in [2.45, 2.75) is 13.8 Å². The highest BCUT2D eigenvalue weighted by Crippen LogP contribution is 2.24. The lowest BCUT2D eigenvalue weighted by Crippen LogP contribution is -2.14. The van der Waals surface area contributed by atoms with Gasteiger partial charge in [-0.1, -0.05) is 23.7 Å². The molecular weight excluding hydrogens is 399 g/mol. The number of carbonyl (C=O) groups is 2. The van der Waals surface area contributed by atoms with Gasteiger partial charge in [0.05, 0.1) is 16.9 Å². The van der Waals surface area contributed by atoms with Gasteiger partial charge >= 0.3 is 5.97 Å². The van der Waals surface area contributed by atoms with Crippen LogP contribution in [0.5, 0.6) is 5.75 Å². The largest absolute Gasteiger partial charge is 0.489 e. The number of esters is 1. The molecule has 0 amide bonds. The molecule has 0 N–H and O–H groups in total. The smallest absolute Gasteiger partial charge is 0.343 e. The van der Waals surface area contributed by atoms with Crippen molar-refractivity contribution in [2.75, 3.05) is 13.2 Å². The molecule has 0 aliphatic rings. The predicted molar refractivity (Wildman–Crippen MR) is 105 cm³/mol. The third-order valence-electron chi connectivity index (χ3n) is 4.12. The minimum Gasteiger partial charge on any atom is -0.489 e. The lowest BCUT2D eigenvalue weighted by Gasteiger charge is -2.10. The standard InChI is InChI=1S/C21H18ClFN2O4/c1-13-19(20(22)25(24-13)16-9-7-15(23)8-10-16)21(27)29-12-11-28-18-6-4-3-5-17(18)14(2)26/h3-10H,11-12H2,1-2H3. The van der Waals surface area contributed by atoms with E-state index in [1.54, 1.807) is 31.2 Å². The molecule has 3 aromatic rings. The van der Waals surface area contributed by atoms with Crippen LogP contribution in [0.3, 0.4) is 0 Å². The van der Waals surface area contributed by atoms with E-state index in [4.69, 9.17) is 21.1 Å². The van der Waals surface area contributed by atoms with Crippen molar-refractivity contribution < 1.29 is 23.5 Å². The van der Waals surface area contributed by atoms with Crippen LogP contribution in [0.1, 0.15) is 33.3 Å². The molecule has 0 atom stereocenters. The lowest BCUT2D eigenvalue weighted by atomic mass is 10.1. The Bertz CT molecular complexity index is 1050. The van der Waals surface area contributed by atoms with Crippen molar-refractivity contribution in [1.29, 1.82) is 0 Å². The summed E-state index contributed by atoms with van der Waals surface area (Å²) in [6.07, 6.45) is 0. The number of para-hydroxylation sites is 1. The number of ether oxygens (including phenoxy) is 2. The number of Topliss-reactive ketones (excluding diaryl/α,β-unsaturated/α-hetero) is 1. The molecule has 1 heterocycles. The second-order valence-electron chi connectivity index (χ2n) is 6.18.